The molecule has 0 heterocycles. The van der Waals surface area contributed by atoms with E-state index >= 15 is 0 Å². The highest BCUT2D eigenvalue weighted by Crippen LogP contribution is 2.34. The van der Waals surface area contributed by atoms with Crippen LogP contribution >= 0.6 is 0 Å². The molecule has 0 aliphatic carbocycles. The molecule has 0 unspecified atom stereocenters. The number of benzene rings is 4. The monoisotopic (exact) mass is 511 g/mol. The van der Waals surface area contributed by atoms with Gasteiger partial charge in [0.05, 0.1) is 6.54 Å². The van der Waals surface area contributed by atoms with Crippen molar-refractivity contribution in [3.8, 4) is 22.3 Å². The zero-order chi connectivity index (χ0) is 27.6. The Morgan fingerprint density at radius 3 is 2.08 bits per heavy atom. The Balaban J connectivity index is 1.53. The zero-order valence-electron chi connectivity index (χ0n) is 23.4. The van der Waals surface area contributed by atoms with Gasteiger partial charge in [0.2, 0.25) is 0 Å². The minimum absolute atomic E-state index is 0.599. The summed E-state index contributed by atoms with van der Waals surface area (Å²) in [5.74, 6) is 0.811. The molecule has 3 heteroatoms. The van der Waals surface area contributed by atoms with E-state index in [9.17, 15) is 0 Å². The van der Waals surface area contributed by atoms with Crippen LogP contribution in [0.4, 0.5) is 0 Å². The van der Waals surface area contributed by atoms with Crippen molar-refractivity contribution in [2.24, 2.45) is 10.1 Å². The maximum absolute atomic E-state index is 4.80. The van der Waals surface area contributed by atoms with Crippen molar-refractivity contribution < 1.29 is 0 Å². The number of rotatable bonds is 9. The largest absolute Gasteiger partial charge is 0.262 e. The number of nitrogens with zero attached hydrogens (tertiary/aromatic N) is 3. The standard InChI is InChI=1S/C36H37N3/c1-27(36(39(5)37-4)38-26-30-17-8-6-9-18-30)16-12-13-19-31-22-14-24-34(28(31)2)35-25-15-23-33(29(35)3)32-20-10-7-11-21-32/h6-18,20-25H,4,19,26H2,1-3,5H3/b13-12-,27-16+,38-36?. The Labute approximate surface area is 233 Å². The second kappa shape index (κ2) is 13.3. The van der Waals surface area contributed by atoms with Gasteiger partial charge in [0.1, 0.15) is 5.84 Å². The molecular weight excluding hydrogens is 474 g/mol. The van der Waals surface area contributed by atoms with E-state index in [4.69, 9.17) is 4.99 Å². The summed E-state index contributed by atoms with van der Waals surface area (Å²) in [6, 6.07) is 34.1. The fraction of sp³-hybridized carbons (Fsp3) is 0.167. The lowest BCUT2D eigenvalue weighted by Gasteiger charge is -2.16. The summed E-state index contributed by atoms with van der Waals surface area (Å²) >= 11 is 0. The Bertz CT molecular complexity index is 1500. The molecule has 39 heavy (non-hydrogen) atoms. The third-order valence-electron chi connectivity index (χ3n) is 7.10. The van der Waals surface area contributed by atoms with Gasteiger partial charge in [-0.25, -0.2) is 0 Å². The number of hydrogen-bond acceptors (Lipinski definition) is 2. The molecule has 0 radical (unpaired) electrons. The first-order valence-electron chi connectivity index (χ1n) is 13.4. The van der Waals surface area contributed by atoms with Crippen molar-refractivity contribution in [3.63, 3.8) is 0 Å². The Hall–Kier alpha value is -4.50. The van der Waals surface area contributed by atoms with E-state index in [0.29, 0.717) is 6.54 Å². The molecule has 0 spiro atoms. The third kappa shape index (κ3) is 6.88. The first-order valence-corrected chi connectivity index (χ1v) is 13.4. The van der Waals surface area contributed by atoms with E-state index < -0.39 is 0 Å². The SMILES string of the molecule is C=NN(C)C(=NCc1ccccc1)/C(C)=C/C=C\Cc1cccc(-c2cccc(-c3ccccc3)c2C)c1C. The van der Waals surface area contributed by atoms with Crippen LogP contribution in [0, 0.1) is 13.8 Å². The van der Waals surface area contributed by atoms with E-state index in [1.165, 1.54) is 38.9 Å². The molecule has 0 N–H and O–H groups in total. The summed E-state index contributed by atoms with van der Waals surface area (Å²) < 4.78 is 0. The molecule has 0 atom stereocenters. The summed E-state index contributed by atoms with van der Waals surface area (Å²) in [4.78, 5) is 4.80. The zero-order valence-corrected chi connectivity index (χ0v) is 23.4. The van der Waals surface area contributed by atoms with Gasteiger partial charge in [-0.15, -0.1) is 0 Å². The minimum Gasteiger partial charge on any atom is -0.262 e. The van der Waals surface area contributed by atoms with E-state index in [0.717, 1.165) is 23.4 Å². The first-order chi connectivity index (χ1) is 19.0. The van der Waals surface area contributed by atoms with Crippen LogP contribution in [0.25, 0.3) is 22.3 Å². The second-order valence-electron chi connectivity index (χ2n) is 9.71. The van der Waals surface area contributed by atoms with Crippen LogP contribution in [0.2, 0.25) is 0 Å². The normalized spacial score (nSPS) is 12.1. The summed E-state index contributed by atoms with van der Waals surface area (Å²) in [5, 5.41) is 5.79. The lowest BCUT2D eigenvalue weighted by atomic mass is 9.89. The maximum atomic E-state index is 4.80. The number of likely N-dealkylation sites (N-methyl/N-ethyl adjacent to an activating group) is 1. The molecule has 4 aromatic rings. The highest BCUT2D eigenvalue weighted by atomic mass is 15.4. The average molecular weight is 512 g/mol. The van der Waals surface area contributed by atoms with Crippen molar-refractivity contribution >= 4 is 12.6 Å². The van der Waals surface area contributed by atoms with Crippen molar-refractivity contribution in [1.82, 2.24) is 5.01 Å². The van der Waals surface area contributed by atoms with Crippen molar-refractivity contribution in [1.29, 1.82) is 0 Å². The van der Waals surface area contributed by atoms with Gasteiger partial charge in [0, 0.05) is 13.8 Å². The predicted octanol–water partition coefficient (Wildman–Crippen LogP) is 8.83. The molecule has 196 valence electrons. The van der Waals surface area contributed by atoms with Crippen molar-refractivity contribution in [2.45, 2.75) is 33.7 Å². The van der Waals surface area contributed by atoms with Gasteiger partial charge < -0.3 is 0 Å². The summed E-state index contributed by atoms with van der Waals surface area (Å²) in [7, 11) is 1.88. The topological polar surface area (TPSA) is 28.0 Å². The maximum Gasteiger partial charge on any atom is 0.147 e. The second-order valence-corrected chi connectivity index (χ2v) is 9.71. The van der Waals surface area contributed by atoms with Crippen molar-refractivity contribution in [2.75, 3.05) is 7.05 Å². The molecule has 4 aromatic carbocycles. The molecule has 0 aliphatic heterocycles. The lowest BCUT2D eigenvalue weighted by Crippen LogP contribution is -2.22. The number of hydrazone groups is 1. The molecule has 4 rings (SSSR count). The van der Waals surface area contributed by atoms with E-state index in [1.54, 1.807) is 5.01 Å². The highest BCUT2D eigenvalue weighted by Gasteiger charge is 2.11. The summed E-state index contributed by atoms with van der Waals surface area (Å²) in [6.07, 6.45) is 7.27. The minimum atomic E-state index is 0.599. The average Bonchev–Trinajstić information content (AvgIpc) is 2.97. The highest BCUT2D eigenvalue weighted by molar-refractivity contribution is 5.97. The Kier molecular flexibility index (Phi) is 9.42. The quantitative estimate of drug-likeness (QED) is 0.0955. The molecule has 3 nitrogen and oxygen atoms in total. The fourth-order valence-corrected chi connectivity index (χ4v) is 4.84. The van der Waals surface area contributed by atoms with Crippen LogP contribution in [0.1, 0.15) is 29.2 Å². The molecule has 0 bridgehead atoms. The fourth-order valence-electron chi connectivity index (χ4n) is 4.84. The third-order valence-corrected chi connectivity index (χ3v) is 7.10. The molecule has 0 saturated carbocycles. The molecule has 0 fully saturated rings. The smallest absolute Gasteiger partial charge is 0.147 e. The van der Waals surface area contributed by atoms with Crippen LogP contribution in [0.3, 0.4) is 0 Å². The van der Waals surface area contributed by atoms with E-state index in [-0.39, 0.29) is 0 Å². The van der Waals surface area contributed by atoms with Gasteiger partial charge in [-0.3, -0.25) is 10.0 Å². The van der Waals surface area contributed by atoms with Gasteiger partial charge in [-0.2, -0.15) is 5.10 Å². The van der Waals surface area contributed by atoms with Crippen LogP contribution in [0.5, 0.6) is 0 Å². The first kappa shape index (κ1) is 27.5. The van der Waals surface area contributed by atoms with Gasteiger partial charge in [-0.1, -0.05) is 115 Å². The number of allylic oxidation sites excluding steroid dienone is 3. The Morgan fingerprint density at radius 2 is 1.38 bits per heavy atom. The molecule has 0 aliphatic rings. The van der Waals surface area contributed by atoms with Gasteiger partial charge in [-0.05, 0) is 77.3 Å². The summed E-state index contributed by atoms with van der Waals surface area (Å²) in [6.45, 7) is 10.8. The van der Waals surface area contributed by atoms with Crippen LogP contribution in [-0.2, 0) is 13.0 Å². The molecule has 0 saturated heterocycles. The molecule has 0 amide bonds. The van der Waals surface area contributed by atoms with E-state index in [2.05, 4.69) is 130 Å². The van der Waals surface area contributed by atoms with Gasteiger partial charge >= 0.3 is 0 Å². The summed E-state index contributed by atoms with van der Waals surface area (Å²) in [5.41, 5.74) is 11.2. The number of amidine groups is 1. The molecule has 0 aromatic heterocycles. The predicted molar refractivity (Wildman–Crippen MR) is 168 cm³/mol. The number of hydrogen-bond donors (Lipinski definition) is 0. The van der Waals surface area contributed by atoms with E-state index in [1.807, 2.05) is 25.2 Å². The van der Waals surface area contributed by atoms with Gasteiger partial charge in [0.25, 0.3) is 0 Å². The lowest BCUT2D eigenvalue weighted by molar-refractivity contribution is 0.546. The molecular formula is C36H37N3. The van der Waals surface area contributed by atoms with Crippen molar-refractivity contribution in [3.05, 3.63) is 143 Å². The van der Waals surface area contributed by atoms with Crippen LogP contribution in [0.15, 0.2) is 131 Å². The Morgan fingerprint density at radius 1 is 0.769 bits per heavy atom. The number of aliphatic imine (C=N–C) groups is 1. The van der Waals surface area contributed by atoms with Crippen LogP contribution in [-0.4, -0.2) is 24.6 Å². The van der Waals surface area contributed by atoms with Gasteiger partial charge in [0.15, 0.2) is 0 Å². The van der Waals surface area contributed by atoms with Crippen LogP contribution < -0.4 is 0 Å².